The predicted molar refractivity (Wildman–Crippen MR) is 180 cm³/mol. The molecule has 3 saturated heterocycles. The van der Waals surface area contributed by atoms with Crippen LogP contribution in [0.4, 0.5) is 25.0 Å². The van der Waals surface area contributed by atoms with Crippen LogP contribution in [0.1, 0.15) is 57.9 Å². The highest BCUT2D eigenvalue weighted by Gasteiger charge is 2.49. The van der Waals surface area contributed by atoms with E-state index < -0.39 is 5.54 Å². The Morgan fingerprint density at radius 2 is 1.56 bits per heavy atom. The average Bonchev–Trinajstić information content (AvgIpc) is 3.55. The predicted octanol–water partition coefficient (Wildman–Crippen LogP) is 6.75. The van der Waals surface area contributed by atoms with E-state index in [1.165, 1.54) is 24.3 Å². The molecule has 252 valence electrons. The normalized spacial score (nSPS) is 26.6. The number of benzene rings is 3. The minimum Gasteiger partial charge on any atom is -0.445 e. The number of anilines is 2. The standard InChI is InChI=1S/C23H23FN2O3.C15H19FN2O/c1-17-15-23(11-10-21(27)26(23)20-9-5-8-19(24)14-20)12-13-25(17)22(28)29-16-18-6-3-2-4-7-18;1-11-10-15(7-8-17-11)6-5-14(19)18(15)13-4-2-3-12(16)9-13/h2-11,14,17H,12-13,15-16H2,1H3;2-4,9,11,17H,5-8,10H2,1H3/t17-,23+;11-,15+/m00/s1. The molecule has 4 atom stereocenters. The van der Waals surface area contributed by atoms with Crippen LogP contribution < -0.4 is 15.1 Å². The molecule has 0 aromatic heterocycles. The van der Waals surface area contributed by atoms with Crippen molar-refractivity contribution in [3.05, 3.63) is 108 Å². The first-order valence-corrected chi connectivity index (χ1v) is 16.7. The van der Waals surface area contributed by atoms with Gasteiger partial charge in [0.05, 0.1) is 11.1 Å². The molecule has 0 aliphatic carbocycles. The van der Waals surface area contributed by atoms with Crippen molar-refractivity contribution in [3.63, 3.8) is 0 Å². The zero-order valence-electron chi connectivity index (χ0n) is 27.4. The number of hydrogen-bond acceptors (Lipinski definition) is 5. The van der Waals surface area contributed by atoms with Gasteiger partial charge >= 0.3 is 6.09 Å². The van der Waals surface area contributed by atoms with Crippen molar-refractivity contribution < 1.29 is 27.9 Å². The van der Waals surface area contributed by atoms with E-state index in [9.17, 15) is 23.2 Å². The fourth-order valence-corrected chi connectivity index (χ4v) is 7.87. The van der Waals surface area contributed by atoms with Gasteiger partial charge in [-0.05, 0) is 94.5 Å². The summed E-state index contributed by atoms with van der Waals surface area (Å²) in [5.41, 5.74) is 1.50. The number of nitrogens with one attached hydrogen (secondary N) is 1. The van der Waals surface area contributed by atoms with Gasteiger partial charge in [-0.3, -0.25) is 14.5 Å². The number of hydrogen-bond donors (Lipinski definition) is 1. The molecule has 3 aromatic rings. The number of halogens is 2. The maximum absolute atomic E-state index is 13.7. The topological polar surface area (TPSA) is 82.2 Å². The van der Waals surface area contributed by atoms with Crippen LogP contribution in [0, 0.1) is 11.6 Å². The molecule has 48 heavy (non-hydrogen) atoms. The Hall–Kier alpha value is -4.57. The molecular formula is C38H42F2N4O4. The van der Waals surface area contributed by atoms with Crippen LogP contribution >= 0.6 is 0 Å². The van der Waals surface area contributed by atoms with E-state index in [1.54, 1.807) is 34.1 Å². The average molecular weight is 657 g/mol. The Kier molecular flexibility index (Phi) is 9.64. The summed E-state index contributed by atoms with van der Waals surface area (Å²) < 4.78 is 32.7. The number of amides is 3. The fourth-order valence-electron chi connectivity index (χ4n) is 7.87. The lowest BCUT2D eigenvalue weighted by Crippen LogP contribution is -2.57. The second-order valence-corrected chi connectivity index (χ2v) is 13.4. The highest BCUT2D eigenvalue weighted by atomic mass is 19.1. The molecule has 0 radical (unpaired) electrons. The molecule has 0 saturated carbocycles. The van der Waals surface area contributed by atoms with Gasteiger partial charge in [-0.25, -0.2) is 13.6 Å². The zero-order chi connectivity index (χ0) is 33.9. The number of likely N-dealkylation sites (tertiary alicyclic amines) is 1. The summed E-state index contributed by atoms with van der Waals surface area (Å²) in [5, 5.41) is 3.42. The van der Waals surface area contributed by atoms with Crippen LogP contribution in [-0.4, -0.2) is 59.1 Å². The summed E-state index contributed by atoms with van der Waals surface area (Å²) in [6, 6.07) is 22.3. The van der Waals surface area contributed by atoms with E-state index in [2.05, 4.69) is 12.2 Å². The third kappa shape index (κ3) is 6.85. The summed E-state index contributed by atoms with van der Waals surface area (Å²) in [7, 11) is 0. The smallest absolute Gasteiger partial charge is 0.410 e. The lowest BCUT2D eigenvalue weighted by atomic mass is 9.82. The van der Waals surface area contributed by atoms with E-state index in [4.69, 9.17) is 4.74 Å². The van der Waals surface area contributed by atoms with Crippen LogP contribution in [0.5, 0.6) is 0 Å². The number of rotatable bonds is 4. The van der Waals surface area contributed by atoms with Gasteiger partial charge in [0.1, 0.15) is 18.2 Å². The SMILES string of the molecule is C[C@H]1C[C@@]2(C=CC(=O)N2c2cccc(F)c2)CCN1C(=O)OCc1ccccc1.C[C@H]1C[C@]2(CCN1)CCC(=O)N2c1cccc(F)c1. The molecular weight excluding hydrogens is 614 g/mol. The van der Waals surface area contributed by atoms with Crippen molar-refractivity contribution in [1.29, 1.82) is 0 Å². The van der Waals surface area contributed by atoms with E-state index in [1.807, 2.05) is 54.3 Å². The minimum atomic E-state index is -0.555. The van der Waals surface area contributed by atoms with E-state index in [-0.39, 0.29) is 47.7 Å². The Bertz CT molecular complexity index is 1690. The Morgan fingerprint density at radius 1 is 0.875 bits per heavy atom. The van der Waals surface area contributed by atoms with Gasteiger partial charge in [-0.1, -0.05) is 48.5 Å². The molecule has 4 aliphatic rings. The molecule has 1 N–H and O–H groups in total. The number of ether oxygens (including phenoxy) is 1. The van der Waals surface area contributed by atoms with Gasteiger partial charge in [0, 0.05) is 42.5 Å². The summed E-state index contributed by atoms with van der Waals surface area (Å²) in [5.74, 6) is -0.704. The van der Waals surface area contributed by atoms with Gasteiger partial charge in [0.25, 0.3) is 5.91 Å². The molecule has 8 nitrogen and oxygen atoms in total. The van der Waals surface area contributed by atoms with Crippen molar-refractivity contribution in [3.8, 4) is 0 Å². The Labute approximate surface area is 280 Å². The van der Waals surface area contributed by atoms with Crippen molar-refractivity contribution >= 4 is 29.3 Å². The summed E-state index contributed by atoms with van der Waals surface area (Å²) in [4.78, 5) is 42.6. The molecule has 10 heteroatoms. The van der Waals surface area contributed by atoms with Gasteiger partial charge in [0.15, 0.2) is 0 Å². The van der Waals surface area contributed by atoms with Crippen LogP contribution in [0.2, 0.25) is 0 Å². The first-order chi connectivity index (χ1) is 23.1. The molecule has 3 aromatic carbocycles. The first-order valence-electron chi connectivity index (χ1n) is 16.7. The van der Waals surface area contributed by atoms with Gasteiger partial charge in [0.2, 0.25) is 5.91 Å². The lowest BCUT2D eigenvalue weighted by Gasteiger charge is -2.47. The molecule has 7 rings (SSSR count). The van der Waals surface area contributed by atoms with Crippen molar-refractivity contribution in [2.24, 2.45) is 0 Å². The van der Waals surface area contributed by atoms with Gasteiger partial charge in [-0.2, -0.15) is 0 Å². The maximum atomic E-state index is 13.7. The zero-order valence-corrected chi connectivity index (χ0v) is 27.4. The summed E-state index contributed by atoms with van der Waals surface area (Å²) in [6.45, 7) is 5.69. The van der Waals surface area contributed by atoms with Crippen LogP contribution in [-0.2, 0) is 20.9 Å². The van der Waals surface area contributed by atoms with E-state index >= 15 is 0 Å². The summed E-state index contributed by atoms with van der Waals surface area (Å²) in [6.07, 6.45) is 7.54. The largest absolute Gasteiger partial charge is 0.445 e. The molecule has 0 unspecified atom stereocenters. The second-order valence-electron chi connectivity index (χ2n) is 13.4. The van der Waals surface area contributed by atoms with Crippen molar-refractivity contribution in [1.82, 2.24) is 10.2 Å². The molecule has 4 aliphatic heterocycles. The number of carbonyl (C=O) groups excluding carboxylic acids is 3. The molecule has 2 spiro atoms. The molecule has 3 fully saturated rings. The van der Waals surface area contributed by atoms with E-state index in [0.717, 1.165) is 31.4 Å². The number of piperidine rings is 2. The number of nitrogens with zero attached hydrogens (tertiary/aromatic N) is 3. The highest BCUT2D eigenvalue weighted by molar-refractivity contribution is 6.06. The molecule has 0 bridgehead atoms. The first kappa shape index (κ1) is 33.3. The third-order valence-corrected chi connectivity index (χ3v) is 10.0. The minimum absolute atomic E-state index is 0.116. The van der Waals surface area contributed by atoms with Crippen LogP contribution in [0.25, 0.3) is 0 Å². The lowest BCUT2D eigenvalue weighted by molar-refractivity contribution is -0.117. The maximum Gasteiger partial charge on any atom is 0.410 e. The fraction of sp³-hybridized carbons (Fsp3) is 0.395. The number of carbonyl (C=O) groups is 3. The van der Waals surface area contributed by atoms with Crippen molar-refractivity contribution in [2.45, 2.75) is 82.1 Å². The molecule has 4 heterocycles. The van der Waals surface area contributed by atoms with Crippen LogP contribution in [0.3, 0.4) is 0 Å². The highest BCUT2D eigenvalue weighted by Crippen LogP contribution is 2.43. The third-order valence-electron chi connectivity index (χ3n) is 10.0. The second kappa shape index (κ2) is 13.9. The van der Waals surface area contributed by atoms with Crippen molar-refractivity contribution in [2.75, 3.05) is 22.9 Å². The Balaban J connectivity index is 0.000000182. The summed E-state index contributed by atoms with van der Waals surface area (Å²) >= 11 is 0. The van der Waals surface area contributed by atoms with Gasteiger partial charge < -0.3 is 19.9 Å². The van der Waals surface area contributed by atoms with Gasteiger partial charge in [-0.15, -0.1) is 0 Å². The Morgan fingerprint density at radius 3 is 2.21 bits per heavy atom. The van der Waals surface area contributed by atoms with Crippen LogP contribution in [0.15, 0.2) is 91.0 Å². The van der Waals surface area contributed by atoms with E-state index in [0.29, 0.717) is 43.2 Å². The quantitative estimate of drug-likeness (QED) is 0.336. The molecule has 3 amide bonds. The monoisotopic (exact) mass is 656 g/mol.